The standard InChI is InChI=1S/C13H23N3S/c1-11(2)12-10-14-13(17)16(12)9-8-15-6-4-3-5-7-15/h10-11H,3-9H2,1-2H3,(H,14,17). The van der Waals surface area contributed by atoms with E-state index in [1.165, 1.54) is 38.0 Å². The average molecular weight is 253 g/mol. The van der Waals surface area contributed by atoms with Crippen LogP contribution >= 0.6 is 12.2 Å². The SMILES string of the molecule is CC(C)c1c[nH]c(=S)n1CCN1CCCCC1. The zero-order chi connectivity index (χ0) is 12.3. The summed E-state index contributed by atoms with van der Waals surface area (Å²) in [6.07, 6.45) is 6.17. The predicted molar refractivity (Wildman–Crippen MR) is 74.0 cm³/mol. The van der Waals surface area contributed by atoms with E-state index in [-0.39, 0.29) is 0 Å². The van der Waals surface area contributed by atoms with Crippen LogP contribution in [0.15, 0.2) is 6.20 Å². The second-order valence-electron chi connectivity index (χ2n) is 5.23. The summed E-state index contributed by atoms with van der Waals surface area (Å²) >= 11 is 5.35. The Bertz CT molecular complexity index is 399. The summed E-state index contributed by atoms with van der Waals surface area (Å²) in [5.41, 5.74) is 1.33. The van der Waals surface area contributed by atoms with Crippen LogP contribution in [0.4, 0.5) is 0 Å². The van der Waals surface area contributed by atoms with Crippen molar-refractivity contribution < 1.29 is 0 Å². The van der Waals surface area contributed by atoms with Crippen molar-refractivity contribution in [3.63, 3.8) is 0 Å². The molecule has 1 fully saturated rings. The van der Waals surface area contributed by atoms with Crippen LogP contribution in [-0.4, -0.2) is 34.1 Å². The van der Waals surface area contributed by atoms with Crippen molar-refractivity contribution in [2.24, 2.45) is 0 Å². The number of nitrogens with one attached hydrogen (secondary N) is 1. The molecule has 2 heterocycles. The van der Waals surface area contributed by atoms with Crippen molar-refractivity contribution >= 4 is 12.2 Å². The number of nitrogens with zero attached hydrogens (tertiary/aromatic N) is 2. The molecule has 17 heavy (non-hydrogen) atoms. The van der Waals surface area contributed by atoms with E-state index >= 15 is 0 Å². The van der Waals surface area contributed by atoms with Gasteiger partial charge in [0.1, 0.15) is 0 Å². The first-order valence-corrected chi connectivity index (χ1v) is 7.10. The zero-order valence-corrected chi connectivity index (χ0v) is 11.7. The zero-order valence-electron chi connectivity index (χ0n) is 10.9. The van der Waals surface area contributed by atoms with E-state index in [0.717, 1.165) is 17.9 Å². The van der Waals surface area contributed by atoms with Gasteiger partial charge < -0.3 is 14.5 Å². The molecule has 0 unspecified atom stereocenters. The number of imidazole rings is 1. The molecule has 0 radical (unpaired) electrons. The van der Waals surface area contributed by atoms with Gasteiger partial charge in [0.2, 0.25) is 0 Å². The van der Waals surface area contributed by atoms with Crippen molar-refractivity contribution in [1.82, 2.24) is 14.5 Å². The van der Waals surface area contributed by atoms with E-state index < -0.39 is 0 Å². The molecule has 0 atom stereocenters. The molecular weight excluding hydrogens is 230 g/mol. The van der Waals surface area contributed by atoms with Gasteiger partial charge in [0.15, 0.2) is 4.77 Å². The number of aromatic nitrogens is 2. The number of rotatable bonds is 4. The lowest BCUT2D eigenvalue weighted by atomic mass is 10.1. The molecule has 1 N–H and O–H groups in total. The monoisotopic (exact) mass is 253 g/mol. The van der Waals surface area contributed by atoms with Crippen LogP contribution in [-0.2, 0) is 6.54 Å². The molecule has 1 saturated heterocycles. The van der Waals surface area contributed by atoms with Gasteiger partial charge in [0, 0.05) is 25.0 Å². The Hall–Kier alpha value is -0.610. The molecule has 0 saturated carbocycles. The molecule has 1 aliphatic heterocycles. The Labute approximate surface area is 109 Å². The molecule has 1 aromatic rings. The maximum absolute atomic E-state index is 5.35. The van der Waals surface area contributed by atoms with E-state index in [1.54, 1.807) is 0 Å². The van der Waals surface area contributed by atoms with E-state index in [0.29, 0.717) is 5.92 Å². The van der Waals surface area contributed by atoms with Crippen LogP contribution in [0.25, 0.3) is 0 Å². The highest BCUT2D eigenvalue weighted by Gasteiger charge is 2.12. The van der Waals surface area contributed by atoms with E-state index in [1.807, 2.05) is 0 Å². The Morgan fingerprint density at radius 1 is 1.24 bits per heavy atom. The van der Waals surface area contributed by atoms with Crippen LogP contribution in [0.3, 0.4) is 0 Å². The molecule has 0 aromatic carbocycles. The largest absolute Gasteiger partial charge is 0.337 e. The summed E-state index contributed by atoms with van der Waals surface area (Å²) in [5, 5.41) is 0. The van der Waals surface area contributed by atoms with Crippen molar-refractivity contribution in [3.05, 3.63) is 16.7 Å². The van der Waals surface area contributed by atoms with Crippen molar-refractivity contribution in [2.75, 3.05) is 19.6 Å². The molecule has 0 amide bonds. The summed E-state index contributed by atoms with van der Waals surface area (Å²) in [6, 6.07) is 0. The van der Waals surface area contributed by atoms with E-state index in [9.17, 15) is 0 Å². The molecular formula is C13H23N3S. The van der Waals surface area contributed by atoms with Gasteiger partial charge in [-0.25, -0.2) is 0 Å². The van der Waals surface area contributed by atoms with Gasteiger partial charge in [-0.2, -0.15) is 0 Å². The Kier molecular flexibility index (Phi) is 4.40. The fraction of sp³-hybridized carbons (Fsp3) is 0.769. The topological polar surface area (TPSA) is 24.0 Å². The summed E-state index contributed by atoms with van der Waals surface area (Å²) < 4.78 is 3.12. The van der Waals surface area contributed by atoms with Crippen molar-refractivity contribution in [3.8, 4) is 0 Å². The van der Waals surface area contributed by atoms with Crippen LogP contribution < -0.4 is 0 Å². The first kappa shape index (κ1) is 12.8. The second kappa shape index (κ2) is 5.83. The van der Waals surface area contributed by atoms with Gasteiger partial charge in [0.05, 0.1) is 0 Å². The van der Waals surface area contributed by atoms with Crippen molar-refractivity contribution in [2.45, 2.75) is 45.6 Å². The minimum Gasteiger partial charge on any atom is -0.337 e. The van der Waals surface area contributed by atoms with Gasteiger partial charge >= 0.3 is 0 Å². The fourth-order valence-corrected chi connectivity index (χ4v) is 2.80. The number of hydrogen-bond donors (Lipinski definition) is 1. The summed E-state index contributed by atoms with van der Waals surface area (Å²) in [4.78, 5) is 5.72. The van der Waals surface area contributed by atoms with E-state index in [2.05, 4.69) is 34.5 Å². The normalized spacial score (nSPS) is 17.8. The third kappa shape index (κ3) is 3.19. The second-order valence-corrected chi connectivity index (χ2v) is 5.61. The van der Waals surface area contributed by atoms with Gasteiger partial charge in [0.25, 0.3) is 0 Å². The average Bonchev–Trinajstić information content (AvgIpc) is 2.69. The number of aromatic amines is 1. The summed E-state index contributed by atoms with van der Waals surface area (Å²) in [7, 11) is 0. The Balaban J connectivity index is 1.98. The molecule has 2 rings (SSSR count). The third-order valence-electron chi connectivity index (χ3n) is 3.58. The predicted octanol–water partition coefficient (Wildman–Crippen LogP) is 3.15. The Morgan fingerprint density at radius 2 is 1.94 bits per heavy atom. The third-order valence-corrected chi connectivity index (χ3v) is 3.92. The fourth-order valence-electron chi connectivity index (χ4n) is 2.54. The number of piperidine rings is 1. The van der Waals surface area contributed by atoms with Crippen molar-refractivity contribution in [1.29, 1.82) is 0 Å². The molecule has 0 bridgehead atoms. The van der Waals surface area contributed by atoms with Gasteiger partial charge in [-0.05, 0) is 44.1 Å². The maximum atomic E-state index is 5.35. The highest BCUT2D eigenvalue weighted by Crippen LogP contribution is 2.15. The molecule has 1 aromatic heterocycles. The quantitative estimate of drug-likeness (QED) is 0.833. The molecule has 96 valence electrons. The minimum absolute atomic E-state index is 0.532. The maximum Gasteiger partial charge on any atom is 0.177 e. The Morgan fingerprint density at radius 3 is 2.59 bits per heavy atom. The lowest BCUT2D eigenvalue weighted by Gasteiger charge is -2.26. The number of likely N-dealkylation sites (tertiary alicyclic amines) is 1. The summed E-state index contributed by atoms with van der Waals surface area (Å²) in [5.74, 6) is 0.532. The number of hydrogen-bond acceptors (Lipinski definition) is 2. The van der Waals surface area contributed by atoms with Crippen LogP contribution in [0, 0.1) is 4.77 Å². The molecule has 4 heteroatoms. The smallest absolute Gasteiger partial charge is 0.177 e. The summed E-state index contributed by atoms with van der Waals surface area (Å²) in [6.45, 7) is 9.11. The lowest BCUT2D eigenvalue weighted by molar-refractivity contribution is 0.219. The molecule has 3 nitrogen and oxygen atoms in total. The lowest BCUT2D eigenvalue weighted by Crippen LogP contribution is -2.32. The van der Waals surface area contributed by atoms with E-state index in [4.69, 9.17) is 12.2 Å². The molecule has 0 aliphatic carbocycles. The van der Waals surface area contributed by atoms with Gasteiger partial charge in [-0.1, -0.05) is 20.3 Å². The van der Waals surface area contributed by atoms with Crippen LogP contribution in [0.1, 0.15) is 44.7 Å². The van der Waals surface area contributed by atoms with Crippen LogP contribution in [0.5, 0.6) is 0 Å². The van der Waals surface area contributed by atoms with Crippen LogP contribution in [0.2, 0.25) is 0 Å². The highest BCUT2D eigenvalue weighted by atomic mass is 32.1. The first-order chi connectivity index (χ1) is 8.18. The minimum atomic E-state index is 0.532. The molecule has 1 aliphatic rings. The number of H-pyrrole nitrogens is 1. The van der Waals surface area contributed by atoms with Gasteiger partial charge in [-0.3, -0.25) is 0 Å². The van der Waals surface area contributed by atoms with Gasteiger partial charge in [-0.15, -0.1) is 0 Å². The first-order valence-electron chi connectivity index (χ1n) is 6.69. The highest BCUT2D eigenvalue weighted by molar-refractivity contribution is 7.71. The molecule has 0 spiro atoms.